The van der Waals surface area contributed by atoms with Crippen LogP contribution in [0.1, 0.15) is 24.5 Å². The van der Waals surface area contributed by atoms with Crippen molar-refractivity contribution in [1.82, 2.24) is 4.90 Å². The van der Waals surface area contributed by atoms with E-state index in [1.54, 1.807) is 6.07 Å². The minimum absolute atomic E-state index is 0.172. The molecule has 0 bridgehead atoms. The molecule has 1 aliphatic rings. The second-order valence-corrected chi connectivity index (χ2v) is 5.10. The van der Waals surface area contributed by atoms with Crippen LogP contribution in [-0.4, -0.2) is 29.2 Å². The van der Waals surface area contributed by atoms with Gasteiger partial charge in [0.2, 0.25) is 0 Å². The van der Waals surface area contributed by atoms with E-state index < -0.39 is 0 Å². The van der Waals surface area contributed by atoms with Gasteiger partial charge < -0.3 is 5.11 Å². The molecule has 1 heterocycles. The summed E-state index contributed by atoms with van der Waals surface area (Å²) in [5.41, 5.74) is 2.18. The monoisotopic (exact) mass is 237 g/mol. The maximum absolute atomic E-state index is 13.0. The zero-order valence-corrected chi connectivity index (χ0v) is 10.5. The third-order valence-electron chi connectivity index (χ3n) is 3.69. The number of aliphatic hydroxyl groups excluding tert-OH is 1. The smallest absolute Gasteiger partial charge is 0.123 e. The molecule has 0 aliphatic carbocycles. The third kappa shape index (κ3) is 3.05. The molecule has 0 spiro atoms. The summed E-state index contributed by atoms with van der Waals surface area (Å²) in [6.07, 6.45) is 0.826. The topological polar surface area (TPSA) is 23.5 Å². The molecule has 0 radical (unpaired) electrons. The van der Waals surface area contributed by atoms with E-state index in [0.717, 1.165) is 31.6 Å². The van der Waals surface area contributed by atoms with E-state index in [4.69, 9.17) is 0 Å². The number of hydrogen-bond donors (Lipinski definition) is 1. The van der Waals surface area contributed by atoms with Gasteiger partial charge in [-0.2, -0.15) is 0 Å². The number of likely N-dealkylation sites (tertiary alicyclic amines) is 1. The van der Waals surface area contributed by atoms with Crippen LogP contribution in [0.25, 0.3) is 0 Å². The first-order chi connectivity index (χ1) is 8.06. The van der Waals surface area contributed by atoms with E-state index in [-0.39, 0.29) is 11.9 Å². The Hall–Kier alpha value is -0.930. The molecule has 94 valence electrons. The molecule has 1 aromatic carbocycles. The number of rotatable bonds is 3. The fourth-order valence-electron chi connectivity index (χ4n) is 2.48. The Morgan fingerprint density at radius 2 is 2.29 bits per heavy atom. The largest absolute Gasteiger partial charge is 0.393 e. The van der Waals surface area contributed by atoms with Crippen LogP contribution in [0.15, 0.2) is 18.2 Å². The summed E-state index contributed by atoms with van der Waals surface area (Å²) in [7, 11) is 0. The number of nitrogens with zero attached hydrogens (tertiary/aromatic N) is 1. The highest BCUT2D eigenvalue weighted by molar-refractivity contribution is 5.26. The van der Waals surface area contributed by atoms with Crippen molar-refractivity contribution in [2.45, 2.75) is 32.9 Å². The summed E-state index contributed by atoms with van der Waals surface area (Å²) < 4.78 is 13.0. The average molecular weight is 237 g/mol. The molecule has 0 aromatic heterocycles. The Morgan fingerprint density at radius 3 is 2.88 bits per heavy atom. The van der Waals surface area contributed by atoms with Gasteiger partial charge in [-0.1, -0.05) is 6.07 Å². The van der Waals surface area contributed by atoms with Crippen LogP contribution in [0.4, 0.5) is 4.39 Å². The zero-order valence-electron chi connectivity index (χ0n) is 10.5. The normalized spacial score (nSPS) is 22.9. The van der Waals surface area contributed by atoms with Gasteiger partial charge in [0.25, 0.3) is 0 Å². The van der Waals surface area contributed by atoms with E-state index in [0.29, 0.717) is 5.92 Å². The highest BCUT2D eigenvalue weighted by Gasteiger charge is 2.25. The molecule has 1 fully saturated rings. The summed E-state index contributed by atoms with van der Waals surface area (Å²) in [6, 6.07) is 4.96. The molecule has 17 heavy (non-hydrogen) atoms. The highest BCUT2D eigenvalue weighted by atomic mass is 19.1. The summed E-state index contributed by atoms with van der Waals surface area (Å²) in [6.45, 7) is 6.62. The van der Waals surface area contributed by atoms with Crippen molar-refractivity contribution in [3.05, 3.63) is 35.1 Å². The minimum Gasteiger partial charge on any atom is -0.393 e. The molecular formula is C14H20FNO. The van der Waals surface area contributed by atoms with Crippen LogP contribution in [0.5, 0.6) is 0 Å². The van der Waals surface area contributed by atoms with E-state index in [9.17, 15) is 9.50 Å². The molecule has 0 amide bonds. The molecule has 0 saturated carbocycles. The van der Waals surface area contributed by atoms with Crippen molar-refractivity contribution < 1.29 is 9.50 Å². The number of aliphatic hydroxyl groups is 1. The van der Waals surface area contributed by atoms with Crippen LogP contribution in [0.3, 0.4) is 0 Å². The van der Waals surface area contributed by atoms with Crippen molar-refractivity contribution >= 4 is 0 Å². The van der Waals surface area contributed by atoms with Crippen molar-refractivity contribution in [1.29, 1.82) is 0 Å². The van der Waals surface area contributed by atoms with Gasteiger partial charge in [-0.25, -0.2) is 4.39 Å². The van der Waals surface area contributed by atoms with Gasteiger partial charge in [-0.3, -0.25) is 4.90 Å². The van der Waals surface area contributed by atoms with Crippen LogP contribution in [-0.2, 0) is 6.54 Å². The molecule has 2 rings (SSSR count). The van der Waals surface area contributed by atoms with Gasteiger partial charge in [0.05, 0.1) is 6.10 Å². The summed E-state index contributed by atoms with van der Waals surface area (Å²) in [5.74, 6) is 0.213. The van der Waals surface area contributed by atoms with E-state index >= 15 is 0 Å². The van der Waals surface area contributed by atoms with Gasteiger partial charge in [0.1, 0.15) is 5.82 Å². The van der Waals surface area contributed by atoms with Crippen molar-refractivity contribution in [2.75, 3.05) is 13.1 Å². The molecule has 1 N–H and O–H groups in total. The number of aryl methyl sites for hydroxylation is 1. The van der Waals surface area contributed by atoms with E-state index in [1.165, 1.54) is 11.6 Å². The summed E-state index contributed by atoms with van der Waals surface area (Å²) >= 11 is 0. The number of halogens is 1. The molecule has 2 atom stereocenters. The van der Waals surface area contributed by atoms with Crippen molar-refractivity contribution in [3.8, 4) is 0 Å². The molecule has 1 aromatic rings. The van der Waals surface area contributed by atoms with Crippen LogP contribution in [0, 0.1) is 18.7 Å². The number of hydrogen-bond acceptors (Lipinski definition) is 2. The second kappa shape index (κ2) is 5.15. The first kappa shape index (κ1) is 12.5. The second-order valence-electron chi connectivity index (χ2n) is 5.10. The zero-order chi connectivity index (χ0) is 12.4. The fraction of sp³-hybridized carbons (Fsp3) is 0.571. The van der Waals surface area contributed by atoms with Crippen LogP contribution < -0.4 is 0 Å². The summed E-state index contributed by atoms with van der Waals surface area (Å²) in [5, 5.41) is 9.55. The lowest BCUT2D eigenvalue weighted by molar-refractivity contribution is 0.127. The van der Waals surface area contributed by atoms with Gasteiger partial charge >= 0.3 is 0 Å². The first-order valence-corrected chi connectivity index (χ1v) is 6.21. The molecule has 2 unspecified atom stereocenters. The van der Waals surface area contributed by atoms with Gasteiger partial charge in [0.15, 0.2) is 0 Å². The van der Waals surface area contributed by atoms with Gasteiger partial charge in [0, 0.05) is 13.1 Å². The minimum atomic E-state index is -0.227. The van der Waals surface area contributed by atoms with Gasteiger partial charge in [-0.05, 0) is 56.0 Å². The molecule has 3 heteroatoms. The molecule has 1 saturated heterocycles. The Kier molecular flexibility index (Phi) is 3.79. The maximum Gasteiger partial charge on any atom is 0.123 e. The average Bonchev–Trinajstić information content (AvgIpc) is 2.71. The molecule has 1 aliphatic heterocycles. The third-order valence-corrected chi connectivity index (χ3v) is 3.69. The quantitative estimate of drug-likeness (QED) is 0.872. The summed E-state index contributed by atoms with van der Waals surface area (Å²) in [4.78, 5) is 2.33. The van der Waals surface area contributed by atoms with Gasteiger partial charge in [-0.15, -0.1) is 0 Å². The highest BCUT2D eigenvalue weighted by Crippen LogP contribution is 2.22. The fourth-order valence-corrected chi connectivity index (χ4v) is 2.48. The lowest BCUT2D eigenvalue weighted by atomic mass is 10.0. The molecular weight excluding hydrogens is 217 g/mol. The van der Waals surface area contributed by atoms with Crippen LogP contribution >= 0.6 is 0 Å². The first-order valence-electron chi connectivity index (χ1n) is 6.21. The lowest BCUT2D eigenvalue weighted by Gasteiger charge is -2.18. The van der Waals surface area contributed by atoms with Crippen LogP contribution in [0.2, 0.25) is 0 Å². The van der Waals surface area contributed by atoms with Crippen molar-refractivity contribution in [2.24, 2.45) is 5.92 Å². The van der Waals surface area contributed by atoms with E-state index in [1.807, 2.05) is 19.9 Å². The molecule has 2 nitrogen and oxygen atoms in total. The Labute approximate surface area is 102 Å². The number of benzene rings is 1. The Balaban J connectivity index is 1.98. The Morgan fingerprint density at radius 1 is 1.53 bits per heavy atom. The predicted octanol–water partition coefficient (Wildman–Crippen LogP) is 2.34. The van der Waals surface area contributed by atoms with Crippen molar-refractivity contribution in [3.63, 3.8) is 0 Å². The van der Waals surface area contributed by atoms with E-state index in [2.05, 4.69) is 4.90 Å². The predicted molar refractivity (Wildman–Crippen MR) is 66.2 cm³/mol. The standard InChI is InChI=1S/C14H20FNO/c1-10-7-14(15)4-3-12(10)8-16-6-5-13(9-16)11(2)17/h3-4,7,11,13,17H,5-6,8-9H2,1-2H3. The maximum atomic E-state index is 13.0. The SMILES string of the molecule is Cc1cc(F)ccc1CN1CCC(C(C)O)C1. The Bertz CT molecular complexity index is 392. The lowest BCUT2D eigenvalue weighted by Crippen LogP contribution is -2.24.